The maximum Gasteiger partial charge on any atom is 0.416 e. The van der Waals surface area contributed by atoms with Crippen LogP contribution in [0, 0.1) is 0 Å². The molecular weight excluding hydrogens is 361 g/mol. The number of nitrogens with one attached hydrogen (secondary N) is 1. The first-order valence-corrected chi connectivity index (χ1v) is 9.13. The van der Waals surface area contributed by atoms with E-state index in [1.54, 1.807) is 23.5 Å². The van der Waals surface area contributed by atoms with Gasteiger partial charge in [-0.3, -0.25) is 4.79 Å². The van der Waals surface area contributed by atoms with Gasteiger partial charge in [0.25, 0.3) is 5.56 Å². The van der Waals surface area contributed by atoms with Gasteiger partial charge in [-0.25, -0.2) is 4.98 Å². The number of thiophene rings is 1. The molecule has 3 aromatic rings. The van der Waals surface area contributed by atoms with E-state index in [2.05, 4.69) is 9.97 Å². The van der Waals surface area contributed by atoms with Crippen LogP contribution in [-0.2, 0) is 19.0 Å². The third-order valence-electron chi connectivity index (χ3n) is 4.52. The summed E-state index contributed by atoms with van der Waals surface area (Å²) in [6, 6.07) is 4.85. The lowest BCUT2D eigenvalue weighted by molar-refractivity contribution is -0.137. The highest BCUT2D eigenvalue weighted by atomic mass is 32.1. The normalized spacial score (nSPS) is 14.9. The zero-order valence-corrected chi connectivity index (χ0v) is 14.5. The zero-order valence-electron chi connectivity index (χ0n) is 13.7. The number of alkyl halides is 3. The largest absolute Gasteiger partial charge is 0.416 e. The summed E-state index contributed by atoms with van der Waals surface area (Å²) in [5.74, 6) is 0.404. The van der Waals surface area contributed by atoms with Gasteiger partial charge in [0.2, 0.25) is 0 Å². The van der Waals surface area contributed by atoms with Crippen molar-refractivity contribution in [1.29, 1.82) is 0 Å². The summed E-state index contributed by atoms with van der Waals surface area (Å²) < 4.78 is 37.8. The summed E-state index contributed by atoms with van der Waals surface area (Å²) in [6.07, 6.45) is 3.04. The first-order valence-electron chi connectivity index (χ1n) is 8.32. The Morgan fingerprint density at radius 3 is 2.54 bits per heavy atom. The molecule has 26 heavy (non-hydrogen) atoms. The second-order valence-corrected chi connectivity index (χ2v) is 7.38. The Kier molecular flexibility index (Phi) is 4.19. The van der Waals surface area contributed by atoms with E-state index in [-0.39, 0.29) is 5.56 Å². The summed E-state index contributed by atoms with van der Waals surface area (Å²) in [5.41, 5.74) is 0.891. The average molecular weight is 376 g/mol. The summed E-state index contributed by atoms with van der Waals surface area (Å²) in [5, 5.41) is 0.691. The number of H-pyrrole nitrogens is 1. The van der Waals surface area contributed by atoms with Gasteiger partial charge in [-0.2, -0.15) is 13.2 Å². The highest BCUT2D eigenvalue weighted by molar-refractivity contribution is 7.18. The molecule has 2 aromatic heterocycles. The lowest BCUT2D eigenvalue weighted by Gasteiger charge is -2.09. The molecule has 2 heterocycles. The zero-order chi connectivity index (χ0) is 18.3. The quantitative estimate of drug-likeness (QED) is 0.680. The van der Waals surface area contributed by atoms with E-state index < -0.39 is 11.7 Å². The molecule has 0 spiro atoms. The Bertz CT molecular complexity index is 1050. The van der Waals surface area contributed by atoms with Crippen molar-refractivity contribution in [3.8, 4) is 0 Å². The van der Waals surface area contributed by atoms with Gasteiger partial charge in [-0.1, -0.05) is 18.2 Å². The van der Waals surface area contributed by atoms with Crippen molar-refractivity contribution in [3.05, 3.63) is 62.0 Å². The molecule has 7 heteroatoms. The lowest BCUT2D eigenvalue weighted by atomic mass is 9.97. The number of aromatic nitrogens is 2. The highest BCUT2D eigenvalue weighted by Gasteiger charge is 2.29. The fourth-order valence-corrected chi connectivity index (χ4v) is 4.49. The standard InChI is InChI=1S/C19H15F3N2OS/c20-19(21,22)12-8-5-11(6-9-12)7-10-15-23-17(25)16-13-3-1-2-4-14(13)26-18(16)24-15/h5-10H,1-4H2,(H,23,24,25). The molecule has 0 bridgehead atoms. The Labute approximate surface area is 151 Å². The Hall–Kier alpha value is -2.41. The molecule has 1 aliphatic carbocycles. The lowest BCUT2D eigenvalue weighted by Crippen LogP contribution is -2.11. The van der Waals surface area contributed by atoms with Crippen molar-refractivity contribution in [2.75, 3.05) is 0 Å². The van der Waals surface area contributed by atoms with Crippen molar-refractivity contribution in [2.45, 2.75) is 31.9 Å². The van der Waals surface area contributed by atoms with Crippen LogP contribution >= 0.6 is 11.3 Å². The molecule has 0 unspecified atom stereocenters. The number of aromatic amines is 1. The summed E-state index contributed by atoms with van der Waals surface area (Å²) >= 11 is 1.56. The van der Waals surface area contributed by atoms with Crippen LogP contribution in [0.25, 0.3) is 22.4 Å². The van der Waals surface area contributed by atoms with E-state index >= 15 is 0 Å². The van der Waals surface area contributed by atoms with Crippen LogP contribution in [0.15, 0.2) is 29.1 Å². The molecule has 0 saturated heterocycles. The van der Waals surface area contributed by atoms with Gasteiger partial charge in [-0.15, -0.1) is 11.3 Å². The molecular formula is C19H15F3N2OS. The number of hydrogen-bond donors (Lipinski definition) is 1. The fraction of sp³-hybridized carbons (Fsp3) is 0.263. The number of rotatable bonds is 2. The van der Waals surface area contributed by atoms with E-state index in [0.29, 0.717) is 16.8 Å². The minimum absolute atomic E-state index is 0.151. The Balaban J connectivity index is 1.65. The van der Waals surface area contributed by atoms with Gasteiger partial charge in [0.1, 0.15) is 10.7 Å². The first-order chi connectivity index (χ1) is 12.4. The second kappa shape index (κ2) is 6.39. The number of nitrogens with zero attached hydrogens (tertiary/aromatic N) is 1. The van der Waals surface area contributed by atoms with Crippen LogP contribution < -0.4 is 5.56 Å². The van der Waals surface area contributed by atoms with Crippen molar-refractivity contribution in [2.24, 2.45) is 0 Å². The van der Waals surface area contributed by atoms with E-state index in [0.717, 1.165) is 48.2 Å². The molecule has 0 saturated carbocycles. The number of fused-ring (bicyclic) bond motifs is 3. The Morgan fingerprint density at radius 2 is 1.81 bits per heavy atom. The molecule has 3 nitrogen and oxygen atoms in total. The average Bonchev–Trinajstić information content (AvgIpc) is 2.98. The molecule has 0 aliphatic heterocycles. The van der Waals surface area contributed by atoms with E-state index in [9.17, 15) is 18.0 Å². The minimum Gasteiger partial charge on any atom is -0.306 e. The molecule has 134 valence electrons. The first kappa shape index (κ1) is 17.0. The van der Waals surface area contributed by atoms with Crippen LogP contribution in [0.4, 0.5) is 13.2 Å². The van der Waals surface area contributed by atoms with Crippen LogP contribution in [0.3, 0.4) is 0 Å². The number of benzene rings is 1. The number of hydrogen-bond acceptors (Lipinski definition) is 3. The van der Waals surface area contributed by atoms with Crippen LogP contribution in [0.1, 0.15) is 40.2 Å². The Morgan fingerprint density at radius 1 is 1.08 bits per heavy atom. The summed E-state index contributed by atoms with van der Waals surface area (Å²) in [4.78, 5) is 21.7. The van der Waals surface area contributed by atoms with Crippen molar-refractivity contribution in [3.63, 3.8) is 0 Å². The van der Waals surface area contributed by atoms with Crippen LogP contribution in [-0.4, -0.2) is 9.97 Å². The van der Waals surface area contributed by atoms with Gasteiger partial charge < -0.3 is 4.98 Å². The monoisotopic (exact) mass is 376 g/mol. The van der Waals surface area contributed by atoms with Gasteiger partial charge in [0.05, 0.1) is 10.9 Å². The SMILES string of the molecule is O=c1[nH]c(C=Cc2ccc(C(F)(F)F)cc2)nc2sc3c(c12)CCCC3. The van der Waals surface area contributed by atoms with Gasteiger partial charge in [0.15, 0.2) is 0 Å². The van der Waals surface area contributed by atoms with Gasteiger partial charge in [0, 0.05) is 4.88 Å². The predicted octanol–water partition coefficient (Wildman–Crippen LogP) is 5.05. The van der Waals surface area contributed by atoms with Crippen molar-refractivity contribution >= 4 is 33.7 Å². The molecule has 4 rings (SSSR count). The van der Waals surface area contributed by atoms with Crippen molar-refractivity contribution in [1.82, 2.24) is 9.97 Å². The van der Waals surface area contributed by atoms with E-state index in [1.165, 1.54) is 17.0 Å². The minimum atomic E-state index is -4.35. The second-order valence-electron chi connectivity index (χ2n) is 6.30. The smallest absolute Gasteiger partial charge is 0.306 e. The van der Waals surface area contributed by atoms with Gasteiger partial charge in [-0.05, 0) is 55.0 Å². The summed E-state index contributed by atoms with van der Waals surface area (Å²) in [6.45, 7) is 0. The summed E-state index contributed by atoms with van der Waals surface area (Å²) in [7, 11) is 0. The molecule has 1 aromatic carbocycles. The molecule has 0 amide bonds. The van der Waals surface area contributed by atoms with Crippen LogP contribution in [0.2, 0.25) is 0 Å². The van der Waals surface area contributed by atoms with Crippen LogP contribution in [0.5, 0.6) is 0 Å². The molecule has 1 aliphatic rings. The number of halogens is 3. The molecule has 0 atom stereocenters. The van der Waals surface area contributed by atoms with E-state index in [1.807, 2.05) is 0 Å². The predicted molar refractivity (Wildman–Crippen MR) is 97.3 cm³/mol. The molecule has 1 N–H and O–H groups in total. The topological polar surface area (TPSA) is 45.8 Å². The number of aryl methyl sites for hydroxylation is 2. The maximum atomic E-state index is 12.6. The van der Waals surface area contributed by atoms with Gasteiger partial charge >= 0.3 is 6.18 Å². The third-order valence-corrected chi connectivity index (χ3v) is 5.70. The third kappa shape index (κ3) is 3.19. The molecule has 0 fully saturated rings. The molecule has 0 radical (unpaired) electrons. The van der Waals surface area contributed by atoms with E-state index in [4.69, 9.17) is 0 Å². The van der Waals surface area contributed by atoms with Crippen molar-refractivity contribution < 1.29 is 13.2 Å². The fourth-order valence-electron chi connectivity index (χ4n) is 3.22. The maximum absolute atomic E-state index is 12.6. The highest BCUT2D eigenvalue weighted by Crippen LogP contribution is 2.33.